The Morgan fingerprint density at radius 3 is 2.29 bits per heavy atom. The summed E-state index contributed by atoms with van der Waals surface area (Å²) in [5, 5.41) is 9.47. The molecule has 0 aliphatic carbocycles. The highest BCUT2D eigenvalue weighted by molar-refractivity contribution is 6.04. The van der Waals surface area contributed by atoms with Crippen molar-refractivity contribution < 1.29 is 23.5 Å². The molecule has 3 aromatic rings. The van der Waals surface area contributed by atoms with Gasteiger partial charge in [-0.15, -0.1) is 0 Å². The first-order valence-electron chi connectivity index (χ1n) is 7.20. The van der Waals surface area contributed by atoms with Crippen molar-refractivity contribution in [2.24, 2.45) is 0 Å². The van der Waals surface area contributed by atoms with E-state index >= 15 is 0 Å². The van der Waals surface area contributed by atoms with E-state index < -0.39 is 23.5 Å². The van der Waals surface area contributed by atoms with E-state index in [0.29, 0.717) is 22.2 Å². The lowest BCUT2D eigenvalue weighted by atomic mass is 10.1. The second-order valence-electron chi connectivity index (χ2n) is 5.44. The number of carboxylic acids is 1. The molecule has 0 saturated carbocycles. The minimum atomic E-state index is -1.07. The van der Waals surface area contributed by atoms with Crippen LogP contribution >= 0.6 is 0 Å². The highest BCUT2D eigenvalue weighted by Gasteiger charge is 2.21. The van der Waals surface area contributed by atoms with Crippen molar-refractivity contribution in [1.29, 1.82) is 0 Å². The largest absolute Gasteiger partial charge is 0.481 e. The Hall–Kier alpha value is -3.02. The van der Waals surface area contributed by atoms with Gasteiger partial charge in [0.1, 0.15) is 11.6 Å². The fourth-order valence-electron chi connectivity index (χ4n) is 2.81. The van der Waals surface area contributed by atoms with Crippen LogP contribution < -0.4 is 0 Å². The van der Waals surface area contributed by atoms with E-state index in [1.807, 2.05) is 0 Å². The van der Waals surface area contributed by atoms with Crippen LogP contribution in [-0.4, -0.2) is 21.6 Å². The number of carbonyl (C=O) groups excluding carboxylic acids is 1. The van der Waals surface area contributed by atoms with Gasteiger partial charge < -0.3 is 5.11 Å². The van der Waals surface area contributed by atoms with E-state index in [1.54, 1.807) is 6.92 Å². The van der Waals surface area contributed by atoms with Gasteiger partial charge in [-0.25, -0.2) is 8.78 Å². The molecule has 122 valence electrons. The van der Waals surface area contributed by atoms with Crippen molar-refractivity contribution in [3.8, 4) is 0 Å². The molecule has 0 saturated heterocycles. The zero-order valence-corrected chi connectivity index (χ0v) is 12.7. The molecule has 0 fully saturated rings. The van der Waals surface area contributed by atoms with E-state index in [-0.39, 0.29) is 12.0 Å². The smallest absolute Gasteiger partial charge is 0.307 e. The highest BCUT2D eigenvalue weighted by atomic mass is 19.1. The predicted octanol–water partition coefficient (Wildman–Crippen LogP) is 3.54. The molecule has 0 bridgehead atoms. The number of rotatable bonds is 3. The molecule has 24 heavy (non-hydrogen) atoms. The quantitative estimate of drug-likeness (QED) is 0.799. The normalized spacial score (nSPS) is 11.0. The Kier molecular flexibility index (Phi) is 3.89. The van der Waals surface area contributed by atoms with E-state index in [0.717, 1.165) is 0 Å². The molecule has 0 spiro atoms. The number of hydrogen-bond acceptors (Lipinski definition) is 2. The van der Waals surface area contributed by atoms with Crippen LogP contribution in [-0.2, 0) is 11.2 Å². The Labute approximate surface area is 135 Å². The van der Waals surface area contributed by atoms with Gasteiger partial charge in [-0.1, -0.05) is 0 Å². The maximum Gasteiger partial charge on any atom is 0.307 e. The number of nitrogens with zero attached hydrogens (tertiary/aromatic N) is 1. The first kappa shape index (κ1) is 15.9. The number of carboxylic acid groups (broad SMARTS) is 1. The number of hydrogen-bond donors (Lipinski definition) is 1. The SMILES string of the molecule is Cc1c(CC(=O)O)c2cc(F)ccc2n1C(=O)c1ccc(F)cc1. The third-order valence-electron chi connectivity index (χ3n) is 3.92. The maximum absolute atomic E-state index is 13.6. The molecule has 0 aliphatic heterocycles. The monoisotopic (exact) mass is 329 g/mol. The number of aliphatic carboxylic acids is 1. The van der Waals surface area contributed by atoms with Crippen LogP contribution in [0.3, 0.4) is 0 Å². The second-order valence-corrected chi connectivity index (χ2v) is 5.44. The van der Waals surface area contributed by atoms with Gasteiger partial charge in [0.15, 0.2) is 0 Å². The summed E-state index contributed by atoms with van der Waals surface area (Å²) in [6, 6.07) is 8.91. The van der Waals surface area contributed by atoms with Crippen molar-refractivity contribution in [3.05, 3.63) is 70.9 Å². The summed E-state index contributed by atoms with van der Waals surface area (Å²) >= 11 is 0. The molecule has 2 aromatic carbocycles. The summed E-state index contributed by atoms with van der Waals surface area (Å²) in [6.07, 6.45) is -0.324. The molecule has 6 heteroatoms. The molecular formula is C18H13F2NO3. The molecule has 4 nitrogen and oxygen atoms in total. The van der Waals surface area contributed by atoms with Gasteiger partial charge in [0.05, 0.1) is 11.9 Å². The standard InChI is InChI=1S/C18H13F2NO3/c1-10-14(9-17(22)23)15-8-13(20)6-7-16(15)21(10)18(24)11-2-4-12(19)5-3-11/h2-8H,9H2,1H3,(H,22,23). The van der Waals surface area contributed by atoms with Gasteiger partial charge in [0, 0.05) is 16.6 Å². The molecule has 0 amide bonds. The summed E-state index contributed by atoms with van der Waals surface area (Å²) in [5.74, 6) is -2.48. The zero-order valence-electron chi connectivity index (χ0n) is 12.7. The number of carbonyl (C=O) groups is 2. The van der Waals surface area contributed by atoms with E-state index in [4.69, 9.17) is 5.11 Å². The number of aromatic nitrogens is 1. The van der Waals surface area contributed by atoms with Crippen molar-refractivity contribution in [1.82, 2.24) is 4.57 Å². The van der Waals surface area contributed by atoms with Crippen molar-refractivity contribution >= 4 is 22.8 Å². The average Bonchev–Trinajstić information content (AvgIpc) is 2.79. The lowest BCUT2D eigenvalue weighted by Gasteiger charge is -2.07. The van der Waals surface area contributed by atoms with Gasteiger partial charge in [-0.05, 0) is 55.0 Å². The second kappa shape index (κ2) is 5.88. The Morgan fingerprint density at radius 2 is 1.67 bits per heavy atom. The molecule has 1 heterocycles. The third kappa shape index (κ3) is 2.67. The summed E-state index contributed by atoms with van der Waals surface area (Å²) < 4.78 is 28.0. The Balaban J connectivity index is 2.24. The number of benzene rings is 2. The molecule has 1 N–H and O–H groups in total. The van der Waals surface area contributed by atoms with Gasteiger partial charge in [0.2, 0.25) is 0 Å². The van der Waals surface area contributed by atoms with Crippen molar-refractivity contribution in [3.63, 3.8) is 0 Å². The zero-order chi connectivity index (χ0) is 17.4. The first-order valence-corrected chi connectivity index (χ1v) is 7.20. The third-order valence-corrected chi connectivity index (χ3v) is 3.92. The van der Waals surface area contributed by atoms with Crippen LogP contribution in [0.2, 0.25) is 0 Å². The maximum atomic E-state index is 13.6. The molecular weight excluding hydrogens is 316 g/mol. The highest BCUT2D eigenvalue weighted by Crippen LogP contribution is 2.28. The molecule has 1 aromatic heterocycles. The van der Waals surface area contributed by atoms with Crippen LogP contribution in [0.5, 0.6) is 0 Å². The number of fused-ring (bicyclic) bond motifs is 1. The predicted molar refractivity (Wildman–Crippen MR) is 84.1 cm³/mol. The number of halogens is 2. The molecule has 0 atom stereocenters. The van der Waals surface area contributed by atoms with E-state index in [9.17, 15) is 18.4 Å². The summed E-state index contributed by atoms with van der Waals surface area (Å²) in [7, 11) is 0. The minimum Gasteiger partial charge on any atom is -0.481 e. The van der Waals surface area contributed by atoms with Crippen LogP contribution in [0, 0.1) is 18.6 Å². The van der Waals surface area contributed by atoms with Crippen LogP contribution in [0.4, 0.5) is 8.78 Å². The molecule has 0 unspecified atom stereocenters. The van der Waals surface area contributed by atoms with Crippen molar-refractivity contribution in [2.75, 3.05) is 0 Å². The van der Waals surface area contributed by atoms with Crippen LogP contribution in [0.1, 0.15) is 21.6 Å². The Bertz CT molecular complexity index is 959. The van der Waals surface area contributed by atoms with E-state index in [1.165, 1.54) is 47.0 Å². The summed E-state index contributed by atoms with van der Waals surface area (Å²) in [5.41, 5.74) is 1.47. The fraction of sp³-hybridized carbons (Fsp3) is 0.111. The first-order chi connectivity index (χ1) is 11.4. The Morgan fingerprint density at radius 1 is 1.04 bits per heavy atom. The fourth-order valence-corrected chi connectivity index (χ4v) is 2.81. The molecule has 0 aliphatic rings. The molecule has 0 radical (unpaired) electrons. The van der Waals surface area contributed by atoms with Gasteiger partial charge in [-0.3, -0.25) is 14.2 Å². The summed E-state index contributed by atoms with van der Waals surface area (Å²) in [6.45, 7) is 1.61. The van der Waals surface area contributed by atoms with Crippen LogP contribution in [0.25, 0.3) is 10.9 Å². The molecule has 3 rings (SSSR count). The van der Waals surface area contributed by atoms with Crippen molar-refractivity contribution in [2.45, 2.75) is 13.3 Å². The average molecular weight is 329 g/mol. The minimum absolute atomic E-state index is 0.252. The summed E-state index contributed by atoms with van der Waals surface area (Å²) in [4.78, 5) is 23.9. The van der Waals surface area contributed by atoms with Gasteiger partial charge >= 0.3 is 5.97 Å². The lowest BCUT2D eigenvalue weighted by Crippen LogP contribution is -2.14. The van der Waals surface area contributed by atoms with Gasteiger partial charge in [0.25, 0.3) is 5.91 Å². The van der Waals surface area contributed by atoms with E-state index in [2.05, 4.69) is 0 Å². The lowest BCUT2D eigenvalue weighted by molar-refractivity contribution is -0.136. The van der Waals surface area contributed by atoms with Crippen LogP contribution in [0.15, 0.2) is 42.5 Å². The topological polar surface area (TPSA) is 59.3 Å². The van der Waals surface area contributed by atoms with Gasteiger partial charge in [-0.2, -0.15) is 0 Å².